The standard InChI is InChI=1S/C49H85NO2/c1-4-7-9-11-13-15-17-19-21-23-25-27-29-31-33-38-44-51-47-49(42-43-50(6-3)46-48-40-36-35-37-41-48)52-45-39-34-32-30-28-26-24-22-20-18-16-14-12-10-8-5-2/h13-16,19-22,35-37,40-41,49H,4-12,17-18,23-34,38-39,42-47H2,1-3H3/b15-13+,16-14+,21-19+,22-20+. The summed E-state index contributed by atoms with van der Waals surface area (Å²) in [5.41, 5.74) is 1.39. The number of hydrogen-bond acceptors (Lipinski definition) is 3. The van der Waals surface area contributed by atoms with Crippen LogP contribution in [-0.4, -0.2) is 43.9 Å². The molecule has 1 aromatic carbocycles. The Labute approximate surface area is 324 Å². The third kappa shape index (κ3) is 33.9. The fraction of sp³-hybridized carbons (Fsp3) is 0.714. The van der Waals surface area contributed by atoms with Gasteiger partial charge in [0.1, 0.15) is 0 Å². The molecule has 0 aliphatic heterocycles. The maximum Gasteiger partial charge on any atom is 0.0820 e. The first-order chi connectivity index (χ1) is 25.8. The number of rotatable bonds is 39. The molecule has 3 heteroatoms. The average Bonchev–Trinajstić information content (AvgIpc) is 3.17. The van der Waals surface area contributed by atoms with Crippen molar-refractivity contribution in [2.45, 2.75) is 194 Å². The van der Waals surface area contributed by atoms with E-state index >= 15 is 0 Å². The molecule has 3 nitrogen and oxygen atoms in total. The van der Waals surface area contributed by atoms with Gasteiger partial charge in [-0.3, -0.25) is 4.90 Å². The summed E-state index contributed by atoms with van der Waals surface area (Å²) in [6, 6.07) is 10.9. The quantitative estimate of drug-likeness (QED) is 0.0499. The van der Waals surface area contributed by atoms with Crippen LogP contribution in [0.25, 0.3) is 0 Å². The lowest BCUT2D eigenvalue weighted by Crippen LogP contribution is -2.30. The molecule has 0 bridgehead atoms. The Morgan fingerprint density at radius 2 is 0.981 bits per heavy atom. The molecule has 1 rings (SSSR count). The van der Waals surface area contributed by atoms with Crippen LogP contribution in [0.15, 0.2) is 78.9 Å². The zero-order valence-electron chi connectivity index (χ0n) is 34.8. The molecule has 0 fully saturated rings. The van der Waals surface area contributed by atoms with Crippen molar-refractivity contribution in [3.8, 4) is 0 Å². The third-order valence-corrected chi connectivity index (χ3v) is 9.96. The summed E-state index contributed by atoms with van der Waals surface area (Å²) in [6.07, 6.45) is 50.7. The van der Waals surface area contributed by atoms with Gasteiger partial charge in [-0.2, -0.15) is 0 Å². The van der Waals surface area contributed by atoms with Gasteiger partial charge in [0.15, 0.2) is 0 Å². The second kappa shape index (κ2) is 40.2. The number of hydrogen-bond donors (Lipinski definition) is 0. The number of unbranched alkanes of at least 4 members (excludes halogenated alkanes) is 18. The average molecular weight is 720 g/mol. The van der Waals surface area contributed by atoms with E-state index in [0.29, 0.717) is 0 Å². The van der Waals surface area contributed by atoms with Gasteiger partial charge < -0.3 is 9.47 Å². The van der Waals surface area contributed by atoms with Crippen molar-refractivity contribution in [3.05, 3.63) is 84.5 Å². The Balaban J connectivity index is 2.19. The van der Waals surface area contributed by atoms with Crippen molar-refractivity contribution in [1.29, 1.82) is 0 Å². The van der Waals surface area contributed by atoms with Crippen molar-refractivity contribution in [2.24, 2.45) is 0 Å². The van der Waals surface area contributed by atoms with E-state index in [1.165, 1.54) is 134 Å². The van der Waals surface area contributed by atoms with Gasteiger partial charge in [0, 0.05) is 26.3 Å². The molecule has 0 saturated heterocycles. The lowest BCUT2D eigenvalue weighted by atomic mass is 10.1. The molecule has 0 N–H and O–H groups in total. The smallest absolute Gasteiger partial charge is 0.0820 e. The van der Waals surface area contributed by atoms with Crippen LogP contribution in [0.2, 0.25) is 0 Å². The normalized spacial score (nSPS) is 12.9. The molecule has 0 aromatic heterocycles. The molecule has 0 aliphatic carbocycles. The molecular weight excluding hydrogens is 635 g/mol. The second-order valence-corrected chi connectivity index (χ2v) is 14.9. The minimum absolute atomic E-state index is 0.187. The Hall–Kier alpha value is -1.94. The summed E-state index contributed by atoms with van der Waals surface area (Å²) in [4.78, 5) is 2.54. The Morgan fingerprint density at radius 3 is 1.48 bits per heavy atom. The van der Waals surface area contributed by atoms with Crippen LogP contribution in [0.4, 0.5) is 0 Å². The third-order valence-electron chi connectivity index (χ3n) is 9.96. The van der Waals surface area contributed by atoms with Crippen LogP contribution in [0.5, 0.6) is 0 Å². The maximum absolute atomic E-state index is 6.46. The van der Waals surface area contributed by atoms with Crippen LogP contribution in [0, 0.1) is 0 Å². The first-order valence-corrected chi connectivity index (χ1v) is 22.4. The van der Waals surface area contributed by atoms with Gasteiger partial charge in [-0.1, -0.05) is 177 Å². The van der Waals surface area contributed by atoms with Gasteiger partial charge >= 0.3 is 0 Å². The van der Waals surface area contributed by atoms with Crippen LogP contribution < -0.4 is 0 Å². The van der Waals surface area contributed by atoms with Crippen molar-refractivity contribution in [2.75, 3.05) is 32.9 Å². The predicted molar refractivity (Wildman–Crippen MR) is 231 cm³/mol. The van der Waals surface area contributed by atoms with E-state index in [-0.39, 0.29) is 6.10 Å². The molecular formula is C49H85NO2. The SMILES string of the molecule is CCCCC/C=C/C/C=C/CCCCCCCCOCC(CCN(CC)Cc1ccccc1)OCCCCCCCC/C=C/C/C=C/CCCCC. The number of ether oxygens (including phenoxy) is 2. The minimum Gasteiger partial charge on any atom is -0.379 e. The largest absolute Gasteiger partial charge is 0.379 e. The highest BCUT2D eigenvalue weighted by atomic mass is 16.5. The van der Waals surface area contributed by atoms with Gasteiger partial charge in [-0.25, -0.2) is 0 Å². The fourth-order valence-electron chi connectivity index (χ4n) is 6.48. The summed E-state index contributed by atoms with van der Waals surface area (Å²) in [7, 11) is 0. The van der Waals surface area contributed by atoms with Crippen molar-refractivity contribution < 1.29 is 9.47 Å². The van der Waals surface area contributed by atoms with Gasteiger partial charge in [-0.05, 0) is 95.6 Å². The molecule has 0 spiro atoms. The van der Waals surface area contributed by atoms with Crippen molar-refractivity contribution >= 4 is 0 Å². The van der Waals surface area contributed by atoms with Gasteiger partial charge in [0.05, 0.1) is 12.7 Å². The van der Waals surface area contributed by atoms with E-state index in [2.05, 4.69) is 105 Å². The second-order valence-electron chi connectivity index (χ2n) is 14.9. The van der Waals surface area contributed by atoms with E-state index in [1.807, 2.05) is 0 Å². The van der Waals surface area contributed by atoms with E-state index in [9.17, 15) is 0 Å². The molecule has 1 unspecified atom stereocenters. The zero-order valence-corrected chi connectivity index (χ0v) is 34.8. The van der Waals surface area contributed by atoms with E-state index in [1.54, 1.807) is 0 Å². The van der Waals surface area contributed by atoms with Crippen LogP contribution in [0.3, 0.4) is 0 Å². The highest BCUT2D eigenvalue weighted by Gasteiger charge is 2.13. The lowest BCUT2D eigenvalue weighted by Gasteiger charge is -2.24. The molecule has 0 amide bonds. The maximum atomic E-state index is 6.46. The van der Waals surface area contributed by atoms with E-state index < -0.39 is 0 Å². The van der Waals surface area contributed by atoms with Gasteiger partial charge in [0.2, 0.25) is 0 Å². The first-order valence-electron chi connectivity index (χ1n) is 22.4. The predicted octanol–water partition coefficient (Wildman–Crippen LogP) is 14.9. The molecule has 1 aromatic rings. The van der Waals surface area contributed by atoms with Gasteiger partial charge in [-0.15, -0.1) is 0 Å². The molecule has 0 radical (unpaired) electrons. The highest BCUT2D eigenvalue weighted by molar-refractivity contribution is 5.14. The highest BCUT2D eigenvalue weighted by Crippen LogP contribution is 2.13. The summed E-state index contributed by atoms with van der Waals surface area (Å²) < 4.78 is 12.7. The summed E-state index contributed by atoms with van der Waals surface area (Å²) >= 11 is 0. The van der Waals surface area contributed by atoms with E-state index in [0.717, 1.165) is 71.6 Å². The summed E-state index contributed by atoms with van der Waals surface area (Å²) in [5, 5.41) is 0. The molecule has 52 heavy (non-hydrogen) atoms. The number of benzene rings is 1. The van der Waals surface area contributed by atoms with Crippen LogP contribution in [0.1, 0.15) is 187 Å². The topological polar surface area (TPSA) is 21.7 Å². The molecule has 0 heterocycles. The first kappa shape index (κ1) is 48.1. The Bertz CT molecular complexity index is 951. The van der Waals surface area contributed by atoms with E-state index in [4.69, 9.17) is 9.47 Å². The molecule has 0 saturated carbocycles. The Morgan fingerprint density at radius 1 is 0.519 bits per heavy atom. The zero-order chi connectivity index (χ0) is 37.3. The summed E-state index contributed by atoms with van der Waals surface area (Å²) in [6.45, 7) is 12.4. The van der Waals surface area contributed by atoms with Crippen LogP contribution in [-0.2, 0) is 16.0 Å². The fourth-order valence-corrected chi connectivity index (χ4v) is 6.48. The molecule has 1 atom stereocenters. The lowest BCUT2D eigenvalue weighted by molar-refractivity contribution is -0.0264. The van der Waals surface area contributed by atoms with Gasteiger partial charge in [0.25, 0.3) is 0 Å². The minimum atomic E-state index is 0.187. The van der Waals surface area contributed by atoms with Crippen molar-refractivity contribution in [1.82, 2.24) is 4.90 Å². The van der Waals surface area contributed by atoms with Crippen molar-refractivity contribution in [3.63, 3.8) is 0 Å². The summed E-state index contributed by atoms with van der Waals surface area (Å²) in [5.74, 6) is 0. The monoisotopic (exact) mass is 720 g/mol. The molecule has 0 aliphatic rings. The van der Waals surface area contributed by atoms with Crippen LogP contribution >= 0.6 is 0 Å². The molecule has 298 valence electrons. The number of nitrogens with zero attached hydrogens (tertiary/aromatic N) is 1. The number of allylic oxidation sites excluding steroid dienone is 8. The Kier molecular flexibility index (Phi) is 37.2.